The summed E-state index contributed by atoms with van der Waals surface area (Å²) >= 11 is 1.47. The van der Waals surface area contributed by atoms with Crippen molar-refractivity contribution in [1.29, 1.82) is 0 Å². The molecule has 0 fully saturated rings. The third kappa shape index (κ3) is 2.78. The van der Waals surface area contributed by atoms with E-state index in [0.717, 1.165) is 9.79 Å². The van der Waals surface area contributed by atoms with Crippen molar-refractivity contribution in [2.24, 2.45) is 0 Å². The molecule has 18 heavy (non-hydrogen) atoms. The molecule has 0 bridgehead atoms. The van der Waals surface area contributed by atoms with Crippen LogP contribution in [0.5, 0.6) is 0 Å². The molecular weight excluding hydrogens is 248 g/mol. The zero-order chi connectivity index (χ0) is 13.0. The first-order chi connectivity index (χ1) is 8.70. The smallest absolute Gasteiger partial charge is 0.269 e. The molecule has 0 atom stereocenters. The Kier molecular flexibility index (Phi) is 3.78. The average Bonchev–Trinajstić information content (AvgIpc) is 2.41. The number of carbonyl (C=O) groups is 1. The van der Waals surface area contributed by atoms with Crippen LogP contribution in [0.25, 0.3) is 0 Å². The highest BCUT2D eigenvalue weighted by atomic mass is 32.2. The van der Waals surface area contributed by atoms with Gasteiger partial charge < -0.3 is 11.1 Å². The summed E-state index contributed by atoms with van der Waals surface area (Å²) < 4.78 is 0. The van der Waals surface area contributed by atoms with E-state index in [1.807, 2.05) is 12.1 Å². The molecule has 2 rings (SSSR count). The monoisotopic (exact) mass is 260 g/mol. The van der Waals surface area contributed by atoms with Gasteiger partial charge in [0, 0.05) is 29.2 Å². The fourth-order valence-electron chi connectivity index (χ4n) is 1.34. The maximum Gasteiger partial charge on any atom is 0.269 e. The van der Waals surface area contributed by atoms with Gasteiger partial charge in [0.15, 0.2) is 0 Å². The summed E-state index contributed by atoms with van der Waals surface area (Å²) in [7, 11) is 1.57. The molecule has 92 valence electrons. The Morgan fingerprint density at radius 2 is 2.22 bits per heavy atom. The van der Waals surface area contributed by atoms with E-state index in [1.54, 1.807) is 31.7 Å². The van der Waals surface area contributed by atoms with Gasteiger partial charge in [0.05, 0.1) is 11.9 Å². The standard InChI is InChI=1S/C12H12N4OS/c1-14-12(17)10-6-8(2-5-16-10)18-11-3-4-15-7-9(11)13/h2-7H,13H2,1H3,(H,14,17). The number of anilines is 1. The van der Waals surface area contributed by atoms with E-state index in [0.29, 0.717) is 11.4 Å². The van der Waals surface area contributed by atoms with Crippen LogP contribution in [0.3, 0.4) is 0 Å². The predicted octanol–water partition coefficient (Wildman–Crippen LogP) is 1.57. The second-order valence-corrected chi connectivity index (χ2v) is 4.59. The molecule has 0 saturated heterocycles. The molecule has 0 aliphatic heterocycles. The fourth-order valence-corrected chi connectivity index (χ4v) is 2.19. The van der Waals surface area contributed by atoms with Gasteiger partial charge >= 0.3 is 0 Å². The molecule has 0 radical (unpaired) electrons. The molecule has 2 aromatic heterocycles. The van der Waals surface area contributed by atoms with Crippen molar-refractivity contribution in [2.45, 2.75) is 9.79 Å². The van der Waals surface area contributed by atoms with Crippen molar-refractivity contribution in [3.8, 4) is 0 Å². The Balaban J connectivity index is 2.25. The number of aromatic nitrogens is 2. The van der Waals surface area contributed by atoms with E-state index in [9.17, 15) is 4.79 Å². The van der Waals surface area contributed by atoms with E-state index in [-0.39, 0.29) is 5.91 Å². The first-order valence-electron chi connectivity index (χ1n) is 5.26. The van der Waals surface area contributed by atoms with Crippen molar-refractivity contribution < 1.29 is 4.79 Å². The van der Waals surface area contributed by atoms with Crippen molar-refractivity contribution in [1.82, 2.24) is 15.3 Å². The lowest BCUT2D eigenvalue weighted by Gasteiger charge is -2.05. The van der Waals surface area contributed by atoms with E-state index < -0.39 is 0 Å². The third-order valence-corrected chi connectivity index (χ3v) is 3.31. The van der Waals surface area contributed by atoms with Gasteiger partial charge in [-0.2, -0.15) is 0 Å². The molecule has 5 nitrogen and oxygen atoms in total. The van der Waals surface area contributed by atoms with Crippen molar-refractivity contribution in [2.75, 3.05) is 12.8 Å². The second kappa shape index (κ2) is 5.50. The highest BCUT2D eigenvalue weighted by Crippen LogP contribution is 2.31. The first kappa shape index (κ1) is 12.4. The molecule has 3 N–H and O–H groups in total. The number of amides is 1. The van der Waals surface area contributed by atoms with Crippen LogP contribution in [0.15, 0.2) is 46.6 Å². The number of rotatable bonds is 3. The second-order valence-electron chi connectivity index (χ2n) is 3.47. The number of hydrogen-bond donors (Lipinski definition) is 2. The van der Waals surface area contributed by atoms with Gasteiger partial charge in [-0.1, -0.05) is 11.8 Å². The lowest BCUT2D eigenvalue weighted by Crippen LogP contribution is -2.18. The minimum absolute atomic E-state index is 0.208. The molecule has 2 aromatic rings. The van der Waals surface area contributed by atoms with Crippen LogP contribution >= 0.6 is 11.8 Å². The van der Waals surface area contributed by atoms with Crippen molar-refractivity contribution in [3.05, 3.63) is 42.5 Å². The third-order valence-electron chi connectivity index (χ3n) is 2.23. The van der Waals surface area contributed by atoms with Crippen LogP contribution in [-0.4, -0.2) is 22.9 Å². The van der Waals surface area contributed by atoms with Crippen LogP contribution in [0.4, 0.5) is 5.69 Å². The number of nitrogens with zero attached hydrogens (tertiary/aromatic N) is 2. The van der Waals surface area contributed by atoms with Crippen molar-refractivity contribution >= 4 is 23.4 Å². The molecule has 6 heteroatoms. The van der Waals surface area contributed by atoms with Gasteiger partial charge in [0.2, 0.25) is 0 Å². The lowest BCUT2D eigenvalue weighted by molar-refractivity contribution is 0.0958. The van der Waals surface area contributed by atoms with Gasteiger partial charge in [0.25, 0.3) is 5.91 Å². The van der Waals surface area contributed by atoms with E-state index in [1.165, 1.54) is 11.8 Å². The van der Waals surface area contributed by atoms with Gasteiger partial charge in [-0.05, 0) is 18.2 Å². The van der Waals surface area contributed by atoms with Crippen LogP contribution in [0.2, 0.25) is 0 Å². The molecule has 0 aliphatic rings. The summed E-state index contributed by atoms with van der Waals surface area (Å²) in [4.78, 5) is 21.2. The van der Waals surface area contributed by atoms with E-state index >= 15 is 0 Å². The molecule has 0 unspecified atom stereocenters. The Hall–Kier alpha value is -2.08. The molecule has 0 saturated carbocycles. The van der Waals surface area contributed by atoms with Crippen LogP contribution in [0, 0.1) is 0 Å². The van der Waals surface area contributed by atoms with E-state index in [2.05, 4.69) is 15.3 Å². The first-order valence-corrected chi connectivity index (χ1v) is 6.08. The highest BCUT2D eigenvalue weighted by molar-refractivity contribution is 7.99. The Morgan fingerprint density at radius 3 is 2.94 bits per heavy atom. The molecule has 1 amide bonds. The minimum Gasteiger partial charge on any atom is -0.397 e. The molecule has 0 aliphatic carbocycles. The summed E-state index contributed by atoms with van der Waals surface area (Å²) in [5.74, 6) is -0.208. The number of nitrogen functional groups attached to an aromatic ring is 1. The van der Waals surface area contributed by atoms with Gasteiger partial charge in [0.1, 0.15) is 5.69 Å². The van der Waals surface area contributed by atoms with Crippen LogP contribution < -0.4 is 11.1 Å². The van der Waals surface area contributed by atoms with Crippen molar-refractivity contribution in [3.63, 3.8) is 0 Å². The zero-order valence-electron chi connectivity index (χ0n) is 9.75. The van der Waals surface area contributed by atoms with Crippen LogP contribution in [0.1, 0.15) is 10.5 Å². The Morgan fingerprint density at radius 1 is 1.39 bits per heavy atom. The maximum atomic E-state index is 11.5. The number of hydrogen-bond acceptors (Lipinski definition) is 5. The SMILES string of the molecule is CNC(=O)c1cc(Sc2ccncc2N)ccn1. The molecule has 2 heterocycles. The summed E-state index contributed by atoms with van der Waals surface area (Å²) in [6, 6.07) is 5.39. The largest absolute Gasteiger partial charge is 0.397 e. The zero-order valence-corrected chi connectivity index (χ0v) is 10.6. The lowest BCUT2D eigenvalue weighted by atomic mass is 10.3. The quantitative estimate of drug-likeness (QED) is 0.875. The minimum atomic E-state index is -0.208. The number of pyridine rings is 2. The topological polar surface area (TPSA) is 80.9 Å². The number of carbonyl (C=O) groups excluding carboxylic acids is 1. The van der Waals surface area contributed by atoms with E-state index in [4.69, 9.17) is 5.73 Å². The van der Waals surface area contributed by atoms with Crippen LogP contribution in [-0.2, 0) is 0 Å². The Bertz CT molecular complexity index is 574. The molecular formula is C12H12N4OS. The molecule has 0 spiro atoms. The summed E-state index contributed by atoms with van der Waals surface area (Å²) in [6.07, 6.45) is 4.88. The summed E-state index contributed by atoms with van der Waals surface area (Å²) in [5.41, 5.74) is 6.81. The van der Waals surface area contributed by atoms with Gasteiger partial charge in [-0.3, -0.25) is 14.8 Å². The fraction of sp³-hybridized carbons (Fsp3) is 0.0833. The summed E-state index contributed by atoms with van der Waals surface area (Å²) in [5, 5.41) is 2.54. The predicted molar refractivity (Wildman–Crippen MR) is 70.4 cm³/mol. The average molecular weight is 260 g/mol. The Labute approximate surface area is 109 Å². The number of nitrogens with one attached hydrogen (secondary N) is 1. The number of nitrogens with two attached hydrogens (primary N) is 1. The molecule has 0 aromatic carbocycles. The van der Waals surface area contributed by atoms with Gasteiger partial charge in [-0.15, -0.1) is 0 Å². The summed E-state index contributed by atoms with van der Waals surface area (Å²) in [6.45, 7) is 0. The highest BCUT2D eigenvalue weighted by Gasteiger charge is 2.07. The normalized spacial score (nSPS) is 10.1. The van der Waals surface area contributed by atoms with Gasteiger partial charge in [-0.25, -0.2) is 0 Å². The maximum absolute atomic E-state index is 11.5.